The fourth-order valence-electron chi connectivity index (χ4n) is 1.65. The van der Waals surface area contributed by atoms with Gasteiger partial charge >= 0.3 is 0 Å². The Bertz CT molecular complexity index is 582. The quantitative estimate of drug-likeness (QED) is 0.462. The van der Waals surface area contributed by atoms with Gasteiger partial charge in [-0.1, -0.05) is 36.4 Å². The summed E-state index contributed by atoms with van der Waals surface area (Å²) in [6, 6.07) is 6.16. The first-order chi connectivity index (χ1) is 8.66. The Balaban J connectivity index is 2.13. The zero-order valence-corrected chi connectivity index (χ0v) is 9.58. The molecule has 0 fully saturated rings. The largest absolute Gasteiger partial charge is 0.289 e. The van der Waals surface area contributed by atoms with Crippen LogP contribution >= 0.6 is 0 Å². The number of benzene rings is 1. The molecule has 0 aliphatic heterocycles. The van der Waals surface area contributed by atoms with Crippen LogP contribution in [0.2, 0.25) is 0 Å². The smallest absolute Gasteiger partial charge is 0.270 e. The average molecular weight is 241 g/mol. The number of hydrogen-bond donors (Lipinski definition) is 0. The Morgan fingerprint density at radius 3 is 2.89 bits per heavy atom. The Morgan fingerprint density at radius 1 is 1.39 bits per heavy atom. The lowest BCUT2D eigenvalue weighted by Gasteiger charge is -1.95. The minimum atomic E-state index is -0.457. The molecule has 1 aliphatic carbocycles. The lowest BCUT2D eigenvalue weighted by molar-refractivity contribution is -0.384. The molecule has 0 saturated heterocycles. The van der Waals surface area contributed by atoms with Crippen molar-refractivity contribution >= 4 is 17.5 Å². The van der Waals surface area contributed by atoms with Gasteiger partial charge in [0, 0.05) is 17.7 Å². The minimum Gasteiger partial charge on any atom is -0.289 e. The van der Waals surface area contributed by atoms with E-state index in [1.807, 2.05) is 12.2 Å². The number of carbonyl (C=O) groups is 1. The molecule has 0 aromatic heterocycles. The molecule has 90 valence electrons. The summed E-state index contributed by atoms with van der Waals surface area (Å²) in [7, 11) is 0. The summed E-state index contributed by atoms with van der Waals surface area (Å²) in [6.45, 7) is 0. The highest BCUT2D eigenvalue weighted by Gasteiger charge is 2.06. The number of carbonyl (C=O) groups excluding carboxylic acids is 1. The molecule has 0 atom stereocenters. The molecule has 0 N–H and O–H groups in total. The highest BCUT2D eigenvalue weighted by Crippen LogP contribution is 2.15. The summed E-state index contributed by atoms with van der Waals surface area (Å²) >= 11 is 0. The van der Waals surface area contributed by atoms with Gasteiger partial charge in [0.2, 0.25) is 0 Å². The minimum absolute atomic E-state index is 0.0181. The summed E-state index contributed by atoms with van der Waals surface area (Å²) in [6.07, 6.45) is 9.34. The topological polar surface area (TPSA) is 60.2 Å². The van der Waals surface area contributed by atoms with Crippen molar-refractivity contribution < 1.29 is 9.72 Å². The fourth-order valence-corrected chi connectivity index (χ4v) is 1.65. The second-order valence-corrected chi connectivity index (χ2v) is 3.85. The summed E-state index contributed by atoms with van der Waals surface area (Å²) in [5.41, 5.74) is 1.32. The number of nitro groups is 1. The number of allylic oxidation sites excluding steroid dienone is 5. The van der Waals surface area contributed by atoms with Crippen LogP contribution in [-0.2, 0) is 4.79 Å². The van der Waals surface area contributed by atoms with Crippen LogP contribution in [0.3, 0.4) is 0 Å². The molecule has 0 radical (unpaired) electrons. The predicted molar refractivity (Wildman–Crippen MR) is 69.0 cm³/mol. The number of rotatable bonds is 4. The normalized spacial score (nSPS) is 13.9. The number of hydrogen-bond acceptors (Lipinski definition) is 3. The van der Waals surface area contributed by atoms with Gasteiger partial charge in [-0.25, -0.2) is 0 Å². The third kappa shape index (κ3) is 2.79. The first-order valence-corrected chi connectivity index (χ1v) is 5.50. The van der Waals surface area contributed by atoms with Crippen LogP contribution < -0.4 is 0 Å². The lowest BCUT2D eigenvalue weighted by atomic mass is 10.1. The van der Waals surface area contributed by atoms with Gasteiger partial charge in [-0.15, -0.1) is 0 Å². The molecular weight excluding hydrogens is 230 g/mol. The van der Waals surface area contributed by atoms with E-state index in [4.69, 9.17) is 0 Å². The van der Waals surface area contributed by atoms with E-state index < -0.39 is 4.92 Å². The molecule has 0 bridgehead atoms. The van der Waals surface area contributed by atoms with Gasteiger partial charge in [0.1, 0.15) is 0 Å². The molecular formula is C14H11NO3. The molecule has 2 rings (SSSR count). The van der Waals surface area contributed by atoms with E-state index in [0.717, 1.165) is 6.42 Å². The van der Waals surface area contributed by atoms with Gasteiger partial charge in [-0.3, -0.25) is 14.9 Å². The van der Waals surface area contributed by atoms with Crippen LogP contribution in [0.1, 0.15) is 12.0 Å². The average Bonchev–Trinajstić information content (AvgIpc) is 2.90. The van der Waals surface area contributed by atoms with Crippen molar-refractivity contribution in [1.82, 2.24) is 0 Å². The van der Waals surface area contributed by atoms with Crippen molar-refractivity contribution in [3.8, 4) is 0 Å². The second kappa shape index (κ2) is 5.23. The maximum absolute atomic E-state index is 11.7. The zero-order valence-electron chi connectivity index (χ0n) is 9.58. The van der Waals surface area contributed by atoms with Gasteiger partial charge in [0.15, 0.2) is 5.78 Å². The second-order valence-electron chi connectivity index (χ2n) is 3.85. The Kier molecular flexibility index (Phi) is 3.48. The zero-order chi connectivity index (χ0) is 13.0. The molecule has 1 aromatic rings. The van der Waals surface area contributed by atoms with Crippen molar-refractivity contribution in [1.29, 1.82) is 0 Å². The van der Waals surface area contributed by atoms with Crippen LogP contribution in [0.25, 0.3) is 6.08 Å². The van der Waals surface area contributed by atoms with Gasteiger partial charge in [-0.2, -0.15) is 0 Å². The molecule has 1 aliphatic rings. The number of ketones is 1. The van der Waals surface area contributed by atoms with Gasteiger partial charge in [0.25, 0.3) is 5.69 Å². The van der Waals surface area contributed by atoms with E-state index in [2.05, 4.69) is 0 Å². The maximum atomic E-state index is 11.7. The third-order valence-corrected chi connectivity index (χ3v) is 2.56. The summed E-state index contributed by atoms with van der Waals surface area (Å²) < 4.78 is 0. The first-order valence-electron chi connectivity index (χ1n) is 5.50. The number of non-ortho nitro benzene ring substituents is 1. The van der Waals surface area contributed by atoms with E-state index in [9.17, 15) is 14.9 Å². The molecule has 0 amide bonds. The Labute approximate surface area is 104 Å². The number of nitro benzene ring substituents is 1. The van der Waals surface area contributed by atoms with Gasteiger partial charge in [0.05, 0.1) is 4.92 Å². The third-order valence-electron chi connectivity index (χ3n) is 2.56. The molecule has 0 heterocycles. The highest BCUT2D eigenvalue weighted by molar-refractivity contribution is 6.08. The summed E-state index contributed by atoms with van der Waals surface area (Å²) in [5.74, 6) is -0.0877. The molecule has 1 aromatic carbocycles. The monoisotopic (exact) mass is 241 g/mol. The standard InChI is InChI=1S/C14H11NO3/c16-14(12-5-1-2-6-12)9-8-11-4-3-7-13(10-11)15(17)18/h1,3-10H,2H2/b9-8+. The van der Waals surface area contributed by atoms with Crippen molar-refractivity contribution in [3.63, 3.8) is 0 Å². The molecule has 4 heteroatoms. The molecule has 4 nitrogen and oxygen atoms in total. The Hall–Kier alpha value is -2.49. The van der Waals surface area contributed by atoms with Crippen LogP contribution in [0.15, 0.2) is 54.1 Å². The van der Waals surface area contributed by atoms with E-state index in [1.54, 1.807) is 24.3 Å². The fraction of sp³-hybridized carbons (Fsp3) is 0.0714. The van der Waals surface area contributed by atoms with Gasteiger partial charge < -0.3 is 0 Å². The van der Waals surface area contributed by atoms with Crippen LogP contribution in [0.4, 0.5) is 5.69 Å². The van der Waals surface area contributed by atoms with Gasteiger partial charge in [-0.05, 0) is 18.1 Å². The summed E-state index contributed by atoms with van der Waals surface area (Å²) in [5, 5.41) is 10.6. The van der Waals surface area contributed by atoms with Crippen molar-refractivity contribution in [2.75, 3.05) is 0 Å². The van der Waals surface area contributed by atoms with E-state index in [1.165, 1.54) is 18.2 Å². The highest BCUT2D eigenvalue weighted by atomic mass is 16.6. The predicted octanol–water partition coefficient (Wildman–Crippen LogP) is 3.06. The maximum Gasteiger partial charge on any atom is 0.270 e. The molecule has 0 unspecified atom stereocenters. The number of nitrogens with zero attached hydrogens (tertiary/aromatic N) is 1. The Morgan fingerprint density at radius 2 is 2.22 bits per heavy atom. The van der Waals surface area contributed by atoms with E-state index >= 15 is 0 Å². The first kappa shape index (κ1) is 12.0. The van der Waals surface area contributed by atoms with Crippen molar-refractivity contribution in [2.24, 2.45) is 0 Å². The molecule has 0 saturated carbocycles. The van der Waals surface area contributed by atoms with Crippen LogP contribution in [0.5, 0.6) is 0 Å². The molecule has 0 spiro atoms. The summed E-state index contributed by atoms with van der Waals surface area (Å²) in [4.78, 5) is 21.8. The molecule has 18 heavy (non-hydrogen) atoms. The van der Waals surface area contributed by atoms with Crippen molar-refractivity contribution in [2.45, 2.75) is 6.42 Å². The SMILES string of the molecule is O=C(/C=C/c1cccc([N+](=O)[O-])c1)C1=CCC=C1. The van der Waals surface area contributed by atoms with E-state index in [-0.39, 0.29) is 11.5 Å². The van der Waals surface area contributed by atoms with E-state index in [0.29, 0.717) is 11.1 Å². The van der Waals surface area contributed by atoms with Crippen LogP contribution in [0, 0.1) is 10.1 Å². The van der Waals surface area contributed by atoms with Crippen LogP contribution in [-0.4, -0.2) is 10.7 Å². The van der Waals surface area contributed by atoms with Crippen molar-refractivity contribution in [3.05, 3.63) is 69.8 Å². The lowest BCUT2D eigenvalue weighted by Crippen LogP contribution is -1.93.